The third-order valence-electron chi connectivity index (χ3n) is 7.16. The average molecular weight is 495 g/mol. The number of rotatable bonds is 6. The lowest BCUT2D eigenvalue weighted by atomic mass is 9.96. The fourth-order valence-corrected chi connectivity index (χ4v) is 4.94. The van der Waals surface area contributed by atoms with Gasteiger partial charge in [-0.15, -0.1) is 0 Å². The molecular weight excluding hydrogens is 459 g/mol. The molecule has 0 spiro atoms. The van der Waals surface area contributed by atoms with Crippen molar-refractivity contribution in [1.29, 1.82) is 5.41 Å². The van der Waals surface area contributed by atoms with E-state index >= 15 is 0 Å². The summed E-state index contributed by atoms with van der Waals surface area (Å²) in [5, 5.41) is 11.8. The number of methoxy groups -OCH3 is 1. The SMILES string of the molecule is COc1cccc(F)c1CN1CC(NC(=O)N2CCC(N)=C(C(=N)c3ccnc(C)c3)C2)CCC1C. The molecule has 9 heteroatoms. The van der Waals surface area contributed by atoms with Crippen molar-refractivity contribution in [3.63, 3.8) is 0 Å². The number of nitrogens with two attached hydrogens (primary N) is 1. The van der Waals surface area contributed by atoms with Gasteiger partial charge in [0.1, 0.15) is 11.6 Å². The summed E-state index contributed by atoms with van der Waals surface area (Å²) in [6.07, 6.45) is 3.94. The zero-order chi connectivity index (χ0) is 25.8. The minimum Gasteiger partial charge on any atom is -0.496 e. The van der Waals surface area contributed by atoms with Crippen LogP contribution >= 0.6 is 0 Å². The summed E-state index contributed by atoms with van der Waals surface area (Å²) in [5.74, 6) is 0.246. The summed E-state index contributed by atoms with van der Waals surface area (Å²) < 4.78 is 19.9. The molecule has 36 heavy (non-hydrogen) atoms. The van der Waals surface area contributed by atoms with E-state index in [2.05, 4.69) is 22.1 Å². The lowest BCUT2D eigenvalue weighted by Gasteiger charge is -2.39. The molecule has 1 aromatic heterocycles. The van der Waals surface area contributed by atoms with Crippen LogP contribution in [0.15, 0.2) is 47.8 Å². The highest BCUT2D eigenvalue weighted by Gasteiger charge is 2.30. The van der Waals surface area contributed by atoms with Crippen LogP contribution in [-0.2, 0) is 6.54 Å². The number of ether oxygens (including phenoxy) is 1. The highest BCUT2D eigenvalue weighted by atomic mass is 19.1. The quantitative estimate of drug-likeness (QED) is 0.532. The van der Waals surface area contributed by atoms with Gasteiger partial charge >= 0.3 is 6.03 Å². The second-order valence-corrected chi connectivity index (χ2v) is 9.66. The lowest BCUT2D eigenvalue weighted by Crippen LogP contribution is -2.54. The van der Waals surface area contributed by atoms with Crippen molar-refractivity contribution < 1.29 is 13.9 Å². The van der Waals surface area contributed by atoms with Crippen LogP contribution in [0, 0.1) is 18.2 Å². The molecular formula is C27H35FN6O2. The van der Waals surface area contributed by atoms with Gasteiger partial charge in [-0.1, -0.05) is 6.07 Å². The molecule has 4 N–H and O–H groups in total. The molecule has 1 aromatic carbocycles. The number of pyridine rings is 1. The molecule has 2 aliphatic heterocycles. The third-order valence-corrected chi connectivity index (χ3v) is 7.16. The summed E-state index contributed by atoms with van der Waals surface area (Å²) >= 11 is 0. The Kier molecular flexibility index (Phi) is 7.88. The number of urea groups is 1. The molecule has 0 saturated carbocycles. The average Bonchev–Trinajstić information content (AvgIpc) is 2.87. The Labute approximate surface area is 211 Å². The fourth-order valence-electron chi connectivity index (χ4n) is 4.94. The number of piperidine rings is 1. The van der Waals surface area contributed by atoms with E-state index in [1.54, 1.807) is 36.4 Å². The second kappa shape index (κ2) is 11.1. The number of aromatic nitrogens is 1. The van der Waals surface area contributed by atoms with E-state index < -0.39 is 0 Å². The molecule has 192 valence electrons. The summed E-state index contributed by atoms with van der Waals surface area (Å²) in [7, 11) is 1.55. The second-order valence-electron chi connectivity index (χ2n) is 9.66. The molecule has 2 aromatic rings. The normalized spacial score (nSPS) is 20.8. The van der Waals surface area contributed by atoms with Crippen molar-refractivity contribution in [3.8, 4) is 5.75 Å². The number of likely N-dealkylation sites (tertiary alicyclic amines) is 1. The molecule has 3 heterocycles. The molecule has 2 atom stereocenters. The first-order chi connectivity index (χ1) is 17.3. The molecule has 2 amide bonds. The van der Waals surface area contributed by atoms with Gasteiger partial charge in [0.25, 0.3) is 0 Å². The number of aryl methyl sites for hydroxylation is 1. The van der Waals surface area contributed by atoms with Gasteiger partial charge in [0, 0.05) is 72.4 Å². The predicted octanol–water partition coefficient (Wildman–Crippen LogP) is 3.59. The first kappa shape index (κ1) is 25.6. The minimum absolute atomic E-state index is 0.0551. The van der Waals surface area contributed by atoms with Crippen LogP contribution in [0.5, 0.6) is 5.75 Å². The molecule has 2 aliphatic rings. The van der Waals surface area contributed by atoms with Crippen molar-refractivity contribution >= 4 is 11.7 Å². The van der Waals surface area contributed by atoms with E-state index in [1.807, 2.05) is 13.0 Å². The maximum atomic E-state index is 14.5. The topological polar surface area (TPSA) is 108 Å². The number of halogens is 1. The summed E-state index contributed by atoms with van der Waals surface area (Å²) in [4.78, 5) is 21.3. The number of hydrogen-bond donors (Lipinski definition) is 3. The molecule has 0 radical (unpaired) electrons. The van der Waals surface area contributed by atoms with Gasteiger partial charge in [-0.2, -0.15) is 0 Å². The molecule has 1 fully saturated rings. The van der Waals surface area contributed by atoms with Crippen LogP contribution in [0.4, 0.5) is 9.18 Å². The van der Waals surface area contributed by atoms with Crippen molar-refractivity contribution in [2.24, 2.45) is 5.73 Å². The summed E-state index contributed by atoms with van der Waals surface area (Å²) in [6.45, 7) is 5.84. The zero-order valence-corrected chi connectivity index (χ0v) is 21.2. The Bertz CT molecular complexity index is 1170. The highest BCUT2D eigenvalue weighted by Crippen LogP contribution is 2.27. The van der Waals surface area contributed by atoms with Crippen LogP contribution in [-0.4, -0.2) is 65.4 Å². The van der Waals surface area contributed by atoms with Gasteiger partial charge in [-0.25, -0.2) is 9.18 Å². The molecule has 2 unspecified atom stereocenters. The van der Waals surface area contributed by atoms with Crippen LogP contribution in [0.25, 0.3) is 0 Å². The van der Waals surface area contributed by atoms with E-state index in [1.165, 1.54) is 6.07 Å². The standard InChI is InChI=1S/C27H35FN6O2/c1-17-13-19(9-11-31-17)26(30)22-16-33(12-10-24(22)29)27(35)32-20-8-7-18(2)34(14-20)15-21-23(28)5-4-6-25(21)36-3/h4-6,9,11,13,18,20,30H,7-8,10,12,14-16,29H2,1-3H3,(H,32,35). The highest BCUT2D eigenvalue weighted by molar-refractivity contribution is 6.11. The molecule has 4 rings (SSSR count). The Morgan fingerprint density at radius 1 is 1.33 bits per heavy atom. The number of nitrogens with one attached hydrogen (secondary N) is 2. The van der Waals surface area contributed by atoms with Crippen LogP contribution in [0.3, 0.4) is 0 Å². The molecule has 0 aliphatic carbocycles. The maximum absolute atomic E-state index is 14.5. The first-order valence-electron chi connectivity index (χ1n) is 12.4. The van der Waals surface area contributed by atoms with Crippen molar-refractivity contribution in [1.82, 2.24) is 20.1 Å². The Hall–Kier alpha value is -3.46. The zero-order valence-electron chi connectivity index (χ0n) is 21.2. The minimum atomic E-state index is -0.287. The van der Waals surface area contributed by atoms with Gasteiger partial charge in [0.05, 0.1) is 19.4 Å². The lowest BCUT2D eigenvalue weighted by molar-refractivity contribution is 0.119. The van der Waals surface area contributed by atoms with E-state index in [0.29, 0.717) is 54.3 Å². The maximum Gasteiger partial charge on any atom is 0.317 e. The van der Waals surface area contributed by atoms with E-state index in [4.69, 9.17) is 15.9 Å². The van der Waals surface area contributed by atoms with Crippen LogP contribution in [0.1, 0.15) is 43.0 Å². The molecule has 8 nitrogen and oxygen atoms in total. The molecule has 0 bridgehead atoms. The van der Waals surface area contributed by atoms with E-state index in [0.717, 1.165) is 24.1 Å². The smallest absolute Gasteiger partial charge is 0.317 e. The Morgan fingerprint density at radius 2 is 2.14 bits per heavy atom. The number of nitrogens with zero attached hydrogens (tertiary/aromatic N) is 3. The summed E-state index contributed by atoms with van der Waals surface area (Å²) in [5.41, 5.74) is 10.0. The van der Waals surface area contributed by atoms with Crippen molar-refractivity contribution in [3.05, 3.63) is 70.4 Å². The van der Waals surface area contributed by atoms with Crippen molar-refractivity contribution in [2.75, 3.05) is 26.7 Å². The van der Waals surface area contributed by atoms with Gasteiger partial charge in [0.2, 0.25) is 0 Å². The third kappa shape index (κ3) is 5.67. The predicted molar refractivity (Wildman–Crippen MR) is 138 cm³/mol. The van der Waals surface area contributed by atoms with Gasteiger partial charge in [-0.3, -0.25) is 15.3 Å². The number of hydrogen-bond acceptors (Lipinski definition) is 6. The number of benzene rings is 1. The van der Waals surface area contributed by atoms with Crippen LogP contribution < -0.4 is 15.8 Å². The van der Waals surface area contributed by atoms with Gasteiger partial charge < -0.3 is 20.7 Å². The largest absolute Gasteiger partial charge is 0.496 e. The van der Waals surface area contributed by atoms with Gasteiger partial charge in [-0.05, 0) is 51.0 Å². The molecule has 1 saturated heterocycles. The Balaban J connectivity index is 1.40. The first-order valence-corrected chi connectivity index (χ1v) is 12.4. The van der Waals surface area contributed by atoms with Crippen LogP contribution in [0.2, 0.25) is 0 Å². The monoisotopic (exact) mass is 494 g/mol. The van der Waals surface area contributed by atoms with E-state index in [9.17, 15) is 9.18 Å². The summed E-state index contributed by atoms with van der Waals surface area (Å²) in [6, 6.07) is 8.54. The fraction of sp³-hybridized carbons (Fsp3) is 0.444. The number of carbonyl (C=O) groups is 1. The number of amides is 2. The number of carbonyl (C=O) groups excluding carboxylic acids is 1. The van der Waals surface area contributed by atoms with E-state index in [-0.39, 0.29) is 30.5 Å². The van der Waals surface area contributed by atoms with Crippen molar-refractivity contribution in [2.45, 2.75) is 51.7 Å². The Morgan fingerprint density at radius 3 is 2.89 bits per heavy atom. The van der Waals surface area contributed by atoms with Gasteiger partial charge in [0.15, 0.2) is 0 Å².